The van der Waals surface area contributed by atoms with Gasteiger partial charge in [0.1, 0.15) is 5.75 Å². The minimum Gasteiger partial charge on any atom is -0.496 e. The third-order valence-electron chi connectivity index (χ3n) is 9.46. The molecule has 2 amide bonds. The molecule has 1 aromatic heterocycles. The lowest BCUT2D eigenvalue weighted by atomic mass is 9.91. The summed E-state index contributed by atoms with van der Waals surface area (Å²) in [6.07, 6.45) is 0. The van der Waals surface area contributed by atoms with E-state index >= 15 is 0 Å². The number of likely N-dealkylation sites (N-methyl/N-ethyl adjacent to an activating group) is 1. The van der Waals surface area contributed by atoms with E-state index in [1.165, 1.54) is 5.69 Å². The highest BCUT2D eigenvalue weighted by Gasteiger charge is 2.29. The van der Waals surface area contributed by atoms with Crippen LogP contribution in [0.1, 0.15) is 37.7 Å². The van der Waals surface area contributed by atoms with Crippen LogP contribution in [-0.4, -0.2) is 66.5 Å². The first-order chi connectivity index (χ1) is 22.9. The average molecular weight is 626 g/mol. The van der Waals surface area contributed by atoms with Crippen molar-refractivity contribution in [3.05, 3.63) is 131 Å². The first-order valence-corrected chi connectivity index (χ1v) is 16.1. The number of hydrogen-bond donors (Lipinski definition) is 1. The summed E-state index contributed by atoms with van der Waals surface area (Å²) in [5.41, 5.74) is 14.3. The van der Waals surface area contributed by atoms with Crippen LogP contribution in [0.25, 0.3) is 22.3 Å². The summed E-state index contributed by atoms with van der Waals surface area (Å²) in [5.74, 6) is -0.236. The van der Waals surface area contributed by atoms with Crippen LogP contribution in [0.3, 0.4) is 0 Å². The van der Waals surface area contributed by atoms with E-state index in [1.54, 1.807) is 13.2 Å². The summed E-state index contributed by atoms with van der Waals surface area (Å²) in [6, 6.07) is 33.4. The van der Waals surface area contributed by atoms with Gasteiger partial charge in [-0.05, 0) is 65.2 Å². The maximum absolute atomic E-state index is 14.5. The van der Waals surface area contributed by atoms with Crippen LogP contribution in [0, 0.1) is 0 Å². The van der Waals surface area contributed by atoms with Gasteiger partial charge in [-0.15, -0.1) is 0 Å². The van der Waals surface area contributed by atoms with Crippen molar-refractivity contribution in [1.29, 1.82) is 0 Å². The molecule has 0 spiro atoms. The predicted molar refractivity (Wildman–Crippen MR) is 186 cm³/mol. The van der Waals surface area contributed by atoms with Crippen molar-refractivity contribution in [2.75, 3.05) is 45.2 Å². The summed E-state index contributed by atoms with van der Waals surface area (Å²) in [7, 11) is 3.74. The molecule has 0 bridgehead atoms. The third kappa shape index (κ3) is 5.93. The largest absolute Gasteiger partial charge is 0.496 e. The van der Waals surface area contributed by atoms with Crippen molar-refractivity contribution in [3.63, 3.8) is 0 Å². The number of ether oxygens (including phenoxy) is 1. The molecule has 3 heterocycles. The molecule has 8 heteroatoms. The Morgan fingerprint density at radius 2 is 1.49 bits per heavy atom. The van der Waals surface area contributed by atoms with Gasteiger partial charge in [0.2, 0.25) is 5.91 Å². The molecule has 0 saturated carbocycles. The summed E-state index contributed by atoms with van der Waals surface area (Å²) >= 11 is 0. The summed E-state index contributed by atoms with van der Waals surface area (Å²) < 4.78 is 8.21. The molecule has 0 aliphatic carbocycles. The number of piperazine rings is 1. The second-order valence-corrected chi connectivity index (χ2v) is 12.4. The smallest absolute Gasteiger partial charge is 0.262 e. The average Bonchev–Trinajstić information content (AvgIpc) is 3.38. The lowest BCUT2D eigenvalue weighted by Crippen LogP contribution is -2.44. The maximum Gasteiger partial charge on any atom is 0.262 e. The number of carbonyl (C=O) groups excluding carboxylic acids is 2. The fourth-order valence-corrected chi connectivity index (χ4v) is 6.88. The molecule has 1 fully saturated rings. The summed E-state index contributed by atoms with van der Waals surface area (Å²) in [5, 5.41) is 0. The molecule has 7 rings (SSSR count). The summed E-state index contributed by atoms with van der Waals surface area (Å²) in [4.78, 5) is 34.0. The number of hydrogen-bond acceptors (Lipinski definition) is 5. The Morgan fingerprint density at radius 3 is 2.23 bits per heavy atom. The number of para-hydroxylation sites is 1. The second-order valence-electron chi connectivity index (χ2n) is 12.4. The second kappa shape index (κ2) is 12.9. The van der Waals surface area contributed by atoms with Gasteiger partial charge in [0, 0.05) is 56.3 Å². The van der Waals surface area contributed by atoms with Crippen molar-refractivity contribution in [2.45, 2.75) is 19.6 Å². The minimum absolute atomic E-state index is 0.149. The zero-order valence-corrected chi connectivity index (χ0v) is 26.9. The fourth-order valence-electron chi connectivity index (χ4n) is 6.88. The molecule has 2 aliphatic rings. The SMILES string of the molecule is COc1cc(-c2cccc(-c3ccccc3)c2C(N)=O)ccc1C(=O)N1Cc2ccc(CN3CCN(C)CC3)n2Cc2ccccc21. The van der Waals surface area contributed by atoms with Gasteiger partial charge in [0.05, 0.1) is 24.8 Å². The van der Waals surface area contributed by atoms with Crippen molar-refractivity contribution in [2.24, 2.45) is 5.73 Å². The van der Waals surface area contributed by atoms with Crippen LogP contribution >= 0.6 is 0 Å². The number of aromatic nitrogens is 1. The minimum atomic E-state index is -0.519. The molecule has 0 radical (unpaired) electrons. The van der Waals surface area contributed by atoms with Crippen LogP contribution in [0.5, 0.6) is 5.75 Å². The number of amides is 2. The lowest BCUT2D eigenvalue weighted by Gasteiger charge is -2.32. The fraction of sp³-hybridized carbons (Fsp3) is 0.231. The number of nitrogens with zero attached hydrogens (tertiary/aromatic N) is 4. The lowest BCUT2D eigenvalue weighted by molar-refractivity contribution is 0.0978. The molecule has 8 nitrogen and oxygen atoms in total. The van der Waals surface area contributed by atoms with E-state index in [0.717, 1.165) is 66.4 Å². The molecule has 4 aromatic carbocycles. The van der Waals surface area contributed by atoms with Gasteiger partial charge in [-0.25, -0.2) is 0 Å². The number of methoxy groups -OCH3 is 1. The van der Waals surface area contributed by atoms with Gasteiger partial charge in [-0.1, -0.05) is 72.8 Å². The van der Waals surface area contributed by atoms with Crippen LogP contribution in [0.15, 0.2) is 103 Å². The molecule has 238 valence electrons. The molecule has 2 N–H and O–H groups in total. The topological polar surface area (TPSA) is 84.0 Å². The van der Waals surface area contributed by atoms with Crippen LogP contribution in [0.4, 0.5) is 5.69 Å². The van der Waals surface area contributed by atoms with Crippen LogP contribution < -0.4 is 15.4 Å². The Kier molecular flexibility index (Phi) is 8.37. The molecule has 0 unspecified atom stereocenters. The van der Waals surface area contributed by atoms with E-state index in [1.807, 2.05) is 83.8 Å². The highest BCUT2D eigenvalue weighted by molar-refractivity contribution is 6.09. The molecule has 47 heavy (non-hydrogen) atoms. The third-order valence-corrected chi connectivity index (χ3v) is 9.46. The number of primary amides is 1. The quantitative estimate of drug-likeness (QED) is 0.244. The number of carbonyl (C=O) groups is 2. The van der Waals surface area contributed by atoms with Gasteiger partial charge < -0.3 is 24.8 Å². The Hall–Kier alpha value is -5.18. The van der Waals surface area contributed by atoms with E-state index in [4.69, 9.17) is 10.5 Å². The number of nitrogens with two attached hydrogens (primary N) is 1. The Labute approximate surface area is 275 Å². The summed E-state index contributed by atoms with van der Waals surface area (Å²) in [6.45, 7) is 6.27. The van der Waals surface area contributed by atoms with E-state index in [-0.39, 0.29) is 5.91 Å². The molecule has 5 aromatic rings. The van der Waals surface area contributed by atoms with E-state index in [0.29, 0.717) is 35.5 Å². The van der Waals surface area contributed by atoms with Crippen LogP contribution in [-0.2, 0) is 19.6 Å². The predicted octanol–water partition coefficient (Wildman–Crippen LogP) is 5.89. The number of benzene rings is 4. The molecule has 2 aliphatic heterocycles. The van der Waals surface area contributed by atoms with Gasteiger partial charge in [0.25, 0.3) is 5.91 Å². The van der Waals surface area contributed by atoms with Crippen molar-refractivity contribution in [1.82, 2.24) is 14.4 Å². The molecule has 0 atom stereocenters. The van der Waals surface area contributed by atoms with Gasteiger partial charge in [0.15, 0.2) is 0 Å². The Bertz CT molecular complexity index is 1940. The number of anilines is 1. The normalized spacial score (nSPS) is 15.1. The van der Waals surface area contributed by atoms with Gasteiger partial charge >= 0.3 is 0 Å². The van der Waals surface area contributed by atoms with Gasteiger partial charge in [-0.3, -0.25) is 14.5 Å². The first kappa shape index (κ1) is 30.5. The van der Waals surface area contributed by atoms with Crippen LogP contribution in [0.2, 0.25) is 0 Å². The number of fused-ring (bicyclic) bond motifs is 2. The van der Waals surface area contributed by atoms with E-state index < -0.39 is 5.91 Å². The highest BCUT2D eigenvalue weighted by Crippen LogP contribution is 2.37. The van der Waals surface area contributed by atoms with Crippen molar-refractivity contribution >= 4 is 17.5 Å². The molecular weight excluding hydrogens is 586 g/mol. The first-order valence-electron chi connectivity index (χ1n) is 16.1. The van der Waals surface area contributed by atoms with Gasteiger partial charge in [-0.2, -0.15) is 0 Å². The number of rotatable bonds is 7. The zero-order chi connectivity index (χ0) is 32.5. The van der Waals surface area contributed by atoms with Crippen molar-refractivity contribution in [3.8, 4) is 28.0 Å². The maximum atomic E-state index is 14.5. The van der Waals surface area contributed by atoms with Crippen molar-refractivity contribution < 1.29 is 14.3 Å². The zero-order valence-electron chi connectivity index (χ0n) is 26.9. The van der Waals surface area contributed by atoms with E-state index in [2.05, 4.69) is 39.6 Å². The monoisotopic (exact) mass is 625 g/mol. The standard InChI is InChI=1S/C39H39N5O3/c1-41-19-21-42(22-20-41)25-30-16-17-31-26-44(35-14-7-6-11-29(35)24-43(30)31)39(46)34-18-15-28(23-36(34)47-2)33-13-8-12-32(37(33)38(40)45)27-9-4-3-5-10-27/h3-18,23H,19-22,24-26H2,1-2H3,(H2,40,45). The molecular formula is C39H39N5O3. The molecule has 1 saturated heterocycles. The Balaban J connectivity index is 1.23. The highest BCUT2D eigenvalue weighted by atomic mass is 16.5. The van der Waals surface area contributed by atoms with E-state index in [9.17, 15) is 9.59 Å². The Morgan fingerprint density at radius 1 is 0.766 bits per heavy atom.